The standard InChI is InChI=1S/C21H32ClN5O2/c1-3-29-19-8-10-27(11-9-19)21(23-2)24-16-20(28)26-14-12-25(13-15-26)18-6-4-17(22)5-7-18/h4-7,19H,3,8-16H2,1-2H3,(H,23,24). The Hall–Kier alpha value is -1.99. The van der Waals surface area contributed by atoms with Gasteiger partial charge in [0.15, 0.2) is 5.96 Å². The van der Waals surface area contributed by atoms with Crippen molar-refractivity contribution >= 4 is 29.2 Å². The number of anilines is 1. The number of benzene rings is 1. The quantitative estimate of drug-likeness (QED) is 0.582. The lowest BCUT2D eigenvalue weighted by molar-refractivity contribution is -0.130. The van der Waals surface area contributed by atoms with Crippen LogP contribution in [-0.4, -0.2) is 87.2 Å². The van der Waals surface area contributed by atoms with Crippen LogP contribution >= 0.6 is 11.6 Å². The molecule has 0 unspecified atom stereocenters. The fourth-order valence-corrected chi connectivity index (χ4v) is 4.06. The van der Waals surface area contributed by atoms with Crippen LogP contribution in [0.1, 0.15) is 19.8 Å². The molecule has 0 aromatic heterocycles. The number of ether oxygens (including phenoxy) is 1. The predicted molar refractivity (Wildman–Crippen MR) is 118 cm³/mol. The molecule has 3 rings (SSSR count). The highest BCUT2D eigenvalue weighted by atomic mass is 35.5. The Kier molecular flexibility index (Phi) is 8.00. The molecule has 2 aliphatic rings. The number of piperidine rings is 1. The Labute approximate surface area is 178 Å². The number of hydrogen-bond donors (Lipinski definition) is 1. The van der Waals surface area contributed by atoms with Crippen LogP contribution in [0.15, 0.2) is 29.3 Å². The summed E-state index contributed by atoms with van der Waals surface area (Å²) in [6.07, 6.45) is 2.33. The molecule has 0 aliphatic carbocycles. The van der Waals surface area contributed by atoms with E-state index < -0.39 is 0 Å². The van der Waals surface area contributed by atoms with E-state index in [1.165, 1.54) is 0 Å². The normalized spacial score (nSPS) is 18.9. The van der Waals surface area contributed by atoms with Crippen molar-refractivity contribution in [1.82, 2.24) is 15.1 Å². The van der Waals surface area contributed by atoms with E-state index >= 15 is 0 Å². The number of aliphatic imine (C=N–C) groups is 1. The third-order valence-corrected chi connectivity index (χ3v) is 5.83. The summed E-state index contributed by atoms with van der Waals surface area (Å²) >= 11 is 5.97. The first kappa shape index (κ1) is 21.7. The molecule has 0 radical (unpaired) electrons. The molecule has 7 nitrogen and oxygen atoms in total. The van der Waals surface area contributed by atoms with Crippen molar-refractivity contribution in [2.24, 2.45) is 4.99 Å². The van der Waals surface area contributed by atoms with Gasteiger partial charge in [0.05, 0.1) is 12.6 Å². The van der Waals surface area contributed by atoms with Gasteiger partial charge in [-0.1, -0.05) is 11.6 Å². The maximum absolute atomic E-state index is 12.7. The number of carbonyl (C=O) groups excluding carboxylic acids is 1. The van der Waals surface area contributed by atoms with Crippen LogP contribution in [-0.2, 0) is 9.53 Å². The summed E-state index contributed by atoms with van der Waals surface area (Å²) in [5.41, 5.74) is 1.15. The molecule has 29 heavy (non-hydrogen) atoms. The fraction of sp³-hybridized carbons (Fsp3) is 0.619. The minimum atomic E-state index is 0.117. The summed E-state index contributed by atoms with van der Waals surface area (Å²) in [4.78, 5) is 23.4. The van der Waals surface area contributed by atoms with E-state index in [-0.39, 0.29) is 12.5 Å². The number of halogens is 1. The van der Waals surface area contributed by atoms with Crippen molar-refractivity contribution < 1.29 is 9.53 Å². The molecule has 2 fully saturated rings. The van der Waals surface area contributed by atoms with E-state index in [4.69, 9.17) is 16.3 Å². The van der Waals surface area contributed by atoms with E-state index in [9.17, 15) is 4.79 Å². The van der Waals surface area contributed by atoms with Gasteiger partial charge in [-0.25, -0.2) is 0 Å². The van der Waals surface area contributed by atoms with E-state index in [2.05, 4.69) is 20.1 Å². The van der Waals surface area contributed by atoms with Gasteiger partial charge in [0.2, 0.25) is 5.91 Å². The number of guanidine groups is 1. The average molecular weight is 422 g/mol. The SMILES string of the molecule is CCOC1CCN(C(=NC)NCC(=O)N2CCN(c3ccc(Cl)cc3)CC2)CC1. The first-order valence-corrected chi connectivity index (χ1v) is 10.8. The largest absolute Gasteiger partial charge is 0.378 e. The van der Waals surface area contributed by atoms with Gasteiger partial charge in [-0.05, 0) is 44.0 Å². The molecular formula is C21H32ClN5O2. The van der Waals surface area contributed by atoms with E-state index in [1.54, 1.807) is 7.05 Å². The van der Waals surface area contributed by atoms with Crippen molar-refractivity contribution in [2.75, 3.05) is 64.4 Å². The van der Waals surface area contributed by atoms with Crippen molar-refractivity contribution in [3.63, 3.8) is 0 Å². The van der Waals surface area contributed by atoms with Crippen LogP contribution < -0.4 is 10.2 Å². The number of piperazine rings is 1. The summed E-state index contributed by atoms with van der Waals surface area (Å²) in [6.45, 7) is 7.98. The number of amides is 1. The number of rotatable bonds is 5. The monoisotopic (exact) mass is 421 g/mol. The number of hydrogen-bond acceptors (Lipinski definition) is 4. The molecule has 0 bridgehead atoms. The van der Waals surface area contributed by atoms with Crippen molar-refractivity contribution in [2.45, 2.75) is 25.9 Å². The Bertz CT molecular complexity index is 681. The molecule has 0 spiro atoms. The highest BCUT2D eigenvalue weighted by Crippen LogP contribution is 2.19. The zero-order chi connectivity index (χ0) is 20.6. The van der Waals surface area contributed by atoms with Gasteiger partial charge < -0.3 is 24.8 Å². The van der Waals surface area contributed by atoms with Crippen molar-refractivity contribution in [1.29, 1.82) is 0 Å². The first-order valence-electron chi connectivity index (χ1n) is 10.5. The molecule has 8 heteroatoms. The number of likely N-dealkylation sites (tertiary alicyclic amines) is 1. The number of carbonyl (C=O) groups is 1. The summed E-state index contributed by atoms with van der Waals surface area (Å²) in [5, 5.41) is 3.99. The third kappa shape index (κ3) is 6.00. The van der Waals surface area contributed by atoms with Crippen LogP contribution in [0.25, 0.3) is 0 Å². The maximum atomic E-state index is 12.7. The molecule has 1 N–H and O–H groups in total. The smallest absolute Gasteiger partial charge is 0.242 e. The molecule has 2 aliphatic heterocycles. The van der Waals surface area contributed by atoms with Crippen LogP contribution in [0, 0.1) is 0 Å². The van der Waals surface area contributed by atoms with Crippen LogP contribution in [0.3, 0.4) is 0 Å². The highest BCUT2D eigenvalue weighted by molar-refractivity contribution is 6.30. The molecule has 1 aromatic rings. The van der Waals surface area contributed by atoms with Gasteiger partial charge in [0.1, 0.15) is 0 Å². The molecule has 1 amide bonds. The van der Waals surface area contributed by atoms with Crippen LogP contribution in [0.2, 0.25) is 5.02 Å². The Morgan fingerprint density at radius 1 is 1.10 bits per heavy atom. The highest BCUT2D eigenvalue weighted by Gasteiger charge is 2.24. The van der Waals surface area contributed by atoms with Crippen molar-refractivity contribution in [3.05, 3.63) is 29.3 Å². The molecule has 2 heterocycles. The average Bonchev–Trinajstić information content (AvgIpc) is 2.76. The number of nitrogens with one attached hydrogen (secondary N) is 1. The van der Waals surface area contributed by atoms with E-state index in [0.29, 0.717) is 6.10 Å². The second kappa shape index (κ2) is 10.7. The van der Waals surface area contributed by atoms with E-state index in [0.717, 1.165) is 75.4 Å². The lowest BCUT2D eigenvalue weighted by atomic mass is 10.1. The first-order chi connectivity index (χ1) is 14.1. The Morgan fingerprint density at radius 2 is 1.76 bits per heavy atom. The van der Waals surface area contributed by atoms with Gasteiger partial charge in [0.25, 0.3) is 0 Å². The summed E-state index contributed by atoms with van der Waals surface area (Å²) < 4.78 is 5.71. The molecule has 0 saturated carbocycles. The summed E-state index contributed by atoms with van der Waals surface area (Å²) in [5.74, 6) is 0.916. The topological polar surface area (TPSA) is 60.4 Å². The minimum Gasteiger partial charge on any atom is -0.378 e. The second-order valence-electron chi connectivity index (χ2n) is 7.39. The van der Waals surface area contributed by atoms with Crippen molar-refractivity contribution in [3.8, 4) is 0 Å². The van der Waals surface area contributed by atoms with Gasteiger partial charge in [0, 0.05) is 63.6 Å². The van der Waals surface area contributed by atoms with Gasteiger partial charge in [-0.15, -0.1) is 0 Å². The maximum Gasteiger partial charge on any atom is 0.242 e. The third-order valence-electron chi connectivity index (χ3n) is 5.58. The number of nitrogens with zero attached hydrogens (tertiary/aromatic N) is 4. The van der Waals surface area contributed by atoms with Gasteiger partial charge in [-0.3, -0.25) is 9.79 Å². The molecular weight excluding hydrogens is 390 g/mol. The van der Waals surface area contributed by atoms with Crippen LogP contribution in [0.4, 0.5) is 5.69 Å². The van der Waals surface area contributed by atoms with E-state index in [1.807, 2.05) is 36.1 Å². The molecule has 0 atom stereocenters. The van der Waals surface area contributed by atoms with Crippen LogP contribution in [0.5, 0.6) is 0 Å². The summed E-state index contributed by atoms with van der Waals surface area (Å²) in [7, 11) is 1.77. The Balaban J connectivity index is 1.42. The second-order valence-corrected chi connectivity index (χ2v) is 7.82. The van der Waals surface area contributed by atoms with Gasteiger partial charge >= 0.3 is 0 Å². The molecule has 160 valence electrons. The summed E-state index contributed by atoms with van der Waals surface area (Å²) in [6, 6.07) is 7.86. The predicted octanol–water partition coefficient (Wildman–Crippen LogP) is 2.06. The zero-order valence-corrected chi connectivity index (χ0v) is 18.2. The molecule has 2 saturated heterocycles. The zero-order valence-electron chi connectivity index (χ0n) is 17.4. The Morgan fingerprint density at radius 3 is 2.34 bits per heavy atom. The lowest BCUT2D eigenvalue weighted by Gasteiger charge is -2.37. The fourth-order valence-electron chi connectivity index (χ4n) is 3.93. The molecule has 1 aromatic carbocycles. The van der Waals surface area contributed by atoms with Gasteiger partial charge in [-0.2, -0.15) is 0 Å². The lowest BCUT2D eigenvalue weighted by Crippen LogP contribution is -2.53. The minimum absolute atomic E-state index is 0.117.